The molecule has 0 unspecified atom stereocenters. The third-order valence-corrected chi connectivity index (χ3v) is 13.9. The van der Waals surface area contributed by atoms with Gasteiger partial charge in [0, 0.05) is 15.9 Å². The van der Waals surface area contributed by atoms with Crippen LogP contribution in [0.4, 0.5) is 0 Å². The number of rotatable bonds is 3. The molecule has 5 aliphatic rings. The Morgan fingerprint density at radius 2 is 1.67 bits per heavy atom. The van der Waals surface area contributed by atoms with Gasteiger partial charge in [-0.05, 0) is 114 Å². The zero-order valence-electron chi connectivity index (χ0n) is 25.3. The van der Waals surface area contributed by atoms with E-state index in [2.05, 4.69) is 74.6 Å². The molecule has 11 atom stereocenters. The minimum absolute atomic E-state index is 0.00278. The molecule has 0 radical (unpaired) electrons. The Kier molecular flexibility index (Phi) is 6.67. The van der Waals surface area contributed by atoms with Gasteiger partial charge in [-0.1, -0.05) is 70.3 Å². The van der Waals surface area contributed by atoms with Crippen LogP contribution in [0.3, 0.4) is 0 Å². The number of hydrogen-bond acceptors (Lipinski definition) is 4. The highest BCUT2D eigenvalue weighted by molar-refractivity contribution is 5.78. The molecule has 5 aliphatic carbocycles. The average Bonchev–Trinajstić information content (AvgIpc) is 2.88. The second-order valence-corrected chi connectivity index (χ2v) is 15.2. The van der Waals surface area contributed by atoms with Crippen molar-refractivity contribution in [2.24, 2.45) is 66.9 Å². The van der Waals surface area contributed by atoms with Crippen LogP contribution in [-0.2, 0) is 9.53 Å². The van der Waals surface area contributed by atoms with Crippen LogP contribution in [-0.4, -0.2) is 25.2 Å². The Balaban J connectivity index is 1.63. The van der Waals surface area contributed by atoms with Gasteiger partial charge in [0.2, 0.25) is 0 Å². The molecule has 0 bridgehead atoms. The number of esters is 1. The average molecular weight is 537 g/mol. The number of allylic oxidation sites excluding steroid dienone is 2. The molecule has 0 N–H and O–H groups in total. The summed E-state index contributed by atoms with van der Waals surface area (Å²) in [5.41, 5.74) is 19.7. The van der Waals surface area contributed by atoms with E-state index in [4.69, 9.17) is 4.74 Å². The van der Waals surface area contributed by atoms with Crippen LogP contribution in [0.1, 0.15) is 99.8 Å². The topological polar surface area (TPSA) is 124 Å². The molecule has 39 heavy (non-hydrogen) atoms. The Morgan fingerprint density at radius 3 is 2.31 bits per heavy atom. The molecule has 4 saturated carbocycles. The zero-order chi connectivity index (χ0) is 28.6. The van der Waals surface area contributed by atoms with Gasteiger partial charge in [0.05, 0.1) is 18.6 Å². The van der Waals surface area contributed by atoms with Gasteiger partial charge in [-0.3, -0.25) is 4.79 Å². The molecule has 0 aliphatic heterocycles. The summed E-state index contributed by atoms with van der Waals surface area (Å²) in [6, 6.07) is -0.689. The third-order valence-electron chi connectivity index (χ3n) is 13.9. The Hall–Kier alpha value is -2.17. The van der Waals surface area contributed by atoms with Gasteiger partial charge in [-0.25, -0.2) is 0 Å². The quantitative estimate of drug-likeness (QED) is 0.117. The molecule has 4 fully saturated rings. The third kappa shape index (κ3) is 3.53. The van der Waals surface area contributed by atoms with E-state index in [0.717, 1.165) is 51.4 Å². The van der Waals surface area contributed by atoms with E-state index in [1.54, 1.807) is 7.11 Å². The number of methoxy groups -OCH3 is 1. The summed E-state index contributed by atoms with van der Waals surface area (Å²) in [4.78, 5) is 19.9. The smallest absolute Gasteiger partial charge is 0.312 e. The second-order valence-electron chi connectivity index (χ2n) is 15.2. The van der Waals surface area contributed by atoms with Crippen molar-refractivity contribution in [3.63, 3.8) is 0 Å². The number of fused-ring (bicyclic) bond motifs is 7. The molecule has 214 valence electrons. The minimum atomic E-state index is -0.404. The van der Waals surface area contributed by atoms with E-state index in [1.807, 2.05) is 0 Å². The number of nitrogens with zero attached hydrogens (tertiary/aromatic N) is 6. The summed E-state index contributed by atoms with van der Waals surface area (Å²) in [7, 11) is 1.56. The SMILES string of the molecule is COC(=O)[C@]12CC[C@@H](C)[C@H](C)[C@H]1C1=CC[C@@H]3[C@@]4(C)C[C@@H](N=[N+]=[N-])[C@H](N=[N+]=[N-])C(C)(C)[C@@H]4CC[C@@]3(C)[C@]1(C)CC2. The lowest BCUT2D eigenvalue weighted by Gasteiger charge is -2.72. The van der Waals surface area contributed by atoms with E-state index in [9.17, 15) is 15.9 Å². The fourth-order valence-electron chi connectivity index (χ4n) is 11.6. The van der Waals surface area contributed by atoms with Gasteiger partial charge >= 0.3 is 5.97 Å². The van der Waals surface area contributed by atoms with Gasteiger partial charge in [-0.2, -0.15) is 0 Å². The van der Waals surface area contributed by atoms with Gasteiger partial charge in [0.25, 0.3) is 0 Å². The predicted octanol–water partition coefficient (Wildman–Crippen LogP) is 8.78. The molecule has 0 aromatic heterocycles. The normalized spacial score (nSPS) is 49.8. The van der Waals surface area contributed by atoms with Crippen LogP contribution in [0.15, 0.2) is 21.9 Å². The van der Waals surface area contributed by atoms with Crippen LogP contribution in [0, 0.1) is 56.7 Å². The Bertz CT molecular complexity index is 1170. The lowest BCUT2D eigenvalue weighted by molar-refractivity contribution is -0.194. The van der Waals surface area contributed by atoms with E-state index in [-0.39, 0.29) is 45.6 Å². The minimum Gasteiger partial charge on any atom is -0.469 e. The van der Waals surface area contributed by atoms with Crippen LogP contribution in [0.25, 0.3) is 20.9 Å². The molecule has 0 amide bonds. The molecular formula is C31H48N6O2. The molecule has 0 spiro atoms. The second kappa shape index (κ2) is 9.17. The van der Waals surface area contributed by atoms with E-state index >= 15 is 0 Å². The van der Waals surface area contributed by atoms with Crippen molar-refractivity contribution in [1.82, 2.24) is 0 Å². The molecule has 8 heteroatoms. The highest BCUT2D eigenvalue weighted by atomic mass is 16.5. The molecule has 5 rings (SSSR count). The number of azide groups is 2. The first-order chi connectivity index (χ1) is 18.3. The number of carbonyl (C=O) groups excluding carboxylic acids is 1. The summed E-state index contributed by atoms with van der Waals surface area (Å²) in [6.07, 6.45) is 10.4. The van der Waals surface area contributed by atoms with Crippen molar-refractivity contribution in [3.05, 3.63) is 32.5 Å². The lowest BCUT2D eigenvalue weighted by atomic mass is 9.33. The van der Waals surface area contributed by atoms with Crippen molar-refractivity contribution in [3.8, 4) is 0 Å². The molecule has 0 heterocycles. The van der Waals surface area contributed by atoms with Gasteiger partial charge in [0.15, 0.2) is 0 Å². The predicted molar refractivity (Wildman–Crippen MR) is 152 cm³/mol. The summed E-state index contributed by atoms with van der Waals surface area (Å²) in [5.74, 6) is 2.02. The molecule has 0 saturated heterocycles. The lowest BCUT2D eigenvalue weighted by Crippen LogP contribution is -2.67. The molecule has 0 aromatic carbocycles. The van der Waals surface area contributed by atoms with Gasteiger partial charge < -0.3 is 4.74 Å². The first kappa shape index (κ1) is 28.4. The zero-order valence-corrected chi connectivity index (χ0v) is 25.3. The van der Waals surface area contributed by atoms with E-state index in [1.165, 1.54) is 5.57 Å². The van der Waals surface area contributed by atoms with Crippen LogP contribution >= 0.6 is 0 Å². The van der Waals surface area contributed by atoms with Crippen LogP contribution < -0.4 is 0 Å². The summed E-state index contributed by atoms with van der Waals surface area (Å²) < 4.78 is 5.51. The van der Waals surface area contributed by atoms with Crippen molar-refractivity contribution in [2.75, 3.05) is 7.11 Å². The highest BCUT2D eigenvalue weighted by Crippen LogP contribution is 2.76. The highest BCUT2D eigenvalue weighted by Gasteiger charge is 2.70. The van der Waals surface area contributed by atoms with E-state index in [0.29, 0.717) is 23.7 Å². The number of hydrogen-bond donors (Lipinski definition) is 0. The molecule has 0 aromatic rings. The summed E-state index contributed by atoms with van der Waals surface area (Å²) in [5, 5.41) is 8.45. The number of ether oxygens (including phenoxy) is 1. The maximum atomic E-state index is 13.5. The molecular weight excluding hydrogens is 488 g/mol. The van der Waals surface area contributed by atoms with Crippen molar-refractivity contribution in [2.45, 2.75) is 112 Å². The Morgan fingerprint density at radius 1 is 0.974 bits per heavy atom. The van der Waals surface area contributed by atoms with Gasteiger partial charge in [0.1, 0.15) is 0 Å². The summed E-state index contributed by atoms with van der Waals surface area (Å²) in [6.45, 7) is 16.6. The first-order valence-electron chi connectivity index (χ1n) is 15.2. The maximum Gasteiger partial charge on any atom is 0.312 e. The fourth-order valence-corrected chi connectivity index (χ4v) is 11.6. The largest absolute Gasteiger partial charge is 0.469 e. The van der Waals surface area contributed by atoms with Crippen LogP contribution in [0.5, 0.6) is 0 Å². The van der Waals surface area contributed by atoms with Gasteiger partial charge in [-0.15, -0.1) is 0 Å². The monoisotopic (exact) mass is 536 g/mol. The maximum absolute atomic E-state index is 13.5. The van der Waals surface area contributed by atoms with Crippen molar-refractivity contribution < 1.29 is 9.53 Å². The van der Waals surface area contributed by atoms with Crippen molar-refractivity contribution in [1.29, 1.82) is 0 Å². The van der Waals surface area contributed by atoms with Crippen molar-refractivity contribution >= 4 is 5.97 Å². The fraction of sp³-hybridized carbons (Fsp3) is 0.903. The van der Waals surface area contributed by atoms with E-state index < -0.39 is 5.41 Å². The Labute approximate surface area is 234 Å². The first-order valence-corrected chi connectivity index (χ1v) is 15.2. The van der Waals surface area contributed by atoms with Crippen LogP contribution in [0.2, 0.25) is 0 Å². The molecule has 8 nitrogen and oxygen atoms in total. The number of carbonyl (C=O) groups is 1. The standard InChI is InChI=1S/C31H48N6O2/c1-18-11-14-31(26(38)39-8)16-15-29(6)20(24(31)19(18)2)9-10-23-28(5)17-21(34-36-32)25(35-37-33)27(3,4)22(28)12-13-30(23,29)7/h9,18-19,21-25H,10-17H2,1-8H3/t18-,19+,21-,22+,23-,24+,25+,28+,29-,30-,31+/m1/s1. The summed E-state index contributed by atoms with van der Waals surface area (Å²) >= 11 is 0.